The van der Waals surface area contributed by atoms with Crippen LogP contribution in [0.25, 0.3) is 0 Å². The van der Waals surface area contributed by atoms with Crippen molar-refractivity contribution in [1.82, 2.24) is 4.72 Å². The highest BCUT2D eigenvalue weighted by Gasteiger charge is 2.22. The van der Waals surface area contributed by atoms with Crippen molar-refractivity contribution in [2.24, 2.45) is 11.7 Å². The van der Waals surface area contributed by atoms with Crippen LogP contribution in [0, 0.1) is 12.8 Å². The van der Waals surface area contributed by atoms with Gasteiger partial charge in [-0.25, -0.2) is 13.1 Å². The summed E-state index contributed by atoms with van der Waals surface area (Å²) >= 11 is 6.00. The molecule has 0 heterocycles. The summed E-state index contributed by atoms with van der Waals surface area (Å²) < 4.78 is 27.1. The van der Waals surface area contributed by atoms with Gasteiger partial charge in [0.15, 0.2) is 0 Å². The molecule has 0 fully saturated rings. The van der Waals surface area contributed by atoms with Crippen molar-refractivity contribution in [3.63, 3.8) is 0 Å². The van der Waals surface area contributed by atoms with E-state index in [0.717, 1.165) is 5.56 Å². The highest BCUT2D eigenvalue weighted by atomic mass is 35.5. The fourth-order valence-electron chi connectivity index (χ4n) is 1.87. The number of nitrogens with one attached hydrogen (secondary N) is 1. The Balaban J connectivity index is 0.00000361. The summed E-state index contributed by atoms with van der Waals surface area (Å²) in [5, 5.41) is 0.229. The Morgan fingerprint density at radius 1 is 1.35 bits per heavy atom. The topological polar surface area (TPSA) is 72.2 Å². The fraction of sp³-hybridized carbons (Fsp3) is 0.538. The number of nitrogens with two attached hydrogens (primary N) is 1. The number of sulfonamides is 1. The summed E-state index contributed by atoms with van der Waals surface area (Å²) in [5.41, 5.74) is 6.53. The SMILES string of the molecule is Cc1ccc(S(=O)(=O)NC(CN)CC(C)C)c(Cl)c1.Cl. The van der Waals surface area contributed by atoms with Gasteiger partial charge < -0.3 is 5.73 Å². The van der Waals surface area contributed by atoms with Gasteiger partial charge in [-0.3, -0.25) is 0 Å². The maximum absolute atomic E-state index is 12.3. The average Bonchev–Trinajstić information content (AvgIpc) is 2.26. The van der Waals surface area contributed by atoms with Crippen molar-refractivity contribution >= 4 is 34.0 Å². The summed E-state index contributed by atoms with van der Waals surface area (Å²) in [7, 11) is -3.63. The van der Waals surface area contributed by atoms with Crippen molar-refractivity contribution in [2.75, 3.05) is 6.54 Å². The largest absolute Gasteiger partial charge is 0.329 e. The third-order valence-electron chi connectivity index (χ3n) is 2.74. The first-order valence-electron chi connectivity index (χ1n) is 6.24. The zero-order chi connectivity index (χ0) is 14.6. The lowest BCUT2D eigenvalue weighted by atomic mass is 10.1. The number of benzene rings is 1. The van der Waals surface area contributed by atoms with Crippen LogP contribution in [0.2, 0.25) is 5.02 Å². The molecule has 0 radical (unpaired) electrons. The lowest BCUT2D eigenvalue weighted by Gasteiger charge is -2.19. The van der Waals surface area contributed by atoms with Crippen LogP contribution in [-0.2, 0) is 10.0 Å². The third-order valence-corrected chi connectivity index (χ3v) is 4.74. The molecule has 0 saturated carbocycles. The molecule has 1 rings (SSSR count). The van der Waals surface area contributed by atoms with Crippen LogP contribution in [0.5, 0.6) is 0 Å². The van der Waals surface area contributed by atoms with Crippen LogP contribution in [0.15, 0.2) is 23.1 Å². The van der Waals surface area contributed by atoms with Crippen LogP contribution < -0.4 is 10.5 Å². The Morgan fingerprint density at radius 3 is 2.40 bits per heavy atom. The van der Waals surface area contributed by atoms with E-state index in [1.165, 1.54) is 6.07 Å². The van der Waals surface area contributed by atoms with Crippen LogP contribution in [0.1, 0.15) is 25.8 Å². The quantitative estimate of drug-likeness (QED) is 0.836. The van der Waals surface area contributed by atoms with E-state index in [1.807, 2.05) is 20.8 Å². The molecule has 116 valence electrons. The van der Waals surface area contributed by atoms with Crippen molar-refractivity contribution in [2.45, 2.75) is 38.1 Å². The molecular formula is C13H22Cl2N2O2S. The minimum atomic E-state index is -3.63. The van der Waals surface area contributed by atoms with Crippen LogP contribution in [-0.4, -0.2) is 21.0 Å². The number of aryl methyl sites for hydroxylation is 1. The Bertz CT molecular complexity index is 533. The molecule has 0 amide bonds. The van der Waals surface area contributed by atoms with Crippen molar-refractivity contribution in [3.05, 3.63) is 28.8 Å². The molecule has 4 nitrogen and oxygen atoms in total. The van der Waals surface area contributed by atoms with Gasteiger partial charge in [-0.05, 0) is 37.0 Å². The third kappa shape index (κ3) is 5.58. The Morgan fingerprint density at radius 2 is 1.95 bits per heavy atom. The van der Waals surface area contributed by atoms with Crippen molar-refractivity contribution < 1.29 is 8.42 Å². The standard InChI is InChI=1S/C13H21ClN2O2S.ClH/c1-9(2)6-11(8-15)16-19(17,18)13-5-4-10(3)7-12(13)14;/h4-5,7,9,11,16H,6,8,15H2,1-3H3;1H. The van der Waals surface area contributed by atoms with Crippen LogP contribution in [0.3, 0.4) is 0 Å². The predicted molar refractivity (Wildman–Crippen MR) is 86.1 cm³/mol. The number of halogens is 2. The lowest BCUT2D eigenvalue weighted by molar-refractivity contribution is 0.465. The van der Waals surface area contributed by atoms with E-state index in [9.17, 15) is 8.42 Å². The minimum absolute atomic E-state index is 0. The van der Waals surface area contributed by atoms with Gasteiger partial charge in [0, 0.05) is 12.6 Å². The Kier molecular flexibility index (Phi) is 8.06. The molecule has 0 spiro atoms. The number of rotatable bonds is 6. The van der Waals surface area contributed by atoms with Crippen molar-refractivity contribution in [1.29, 1.82) is 0 Å². The maximum atomic E-state index is 12.3. The first-order valence-corrected chi connectivity index (χ1v) is 8.11. The summed E-state index contributed by atoms with van der Waals surface area (Å²) in [6, 6.07) is 4.60. The molecule has 1 unspecified atom stereocenters. The first kappa shape index (κ1) is 19.7. The summed E-state index contributed by atoms with van der Waals surface area (Å²) in [5.74, 6) is 0.365. The molecule has 1 aromatic carbocycles. The molecule has 3 N–H and O–H groups in total. The molecule has 0 aromatic heterocycles. The van der Waals surface area contributed by atoms with Gasteiger partial charge in [0.2, 0.25) is 10.0 Å². The highest BCUT2D eigenvalue weighted by Crippen LogP contribution is 2.22. The number of hydrogen-bond donors (Lipinski definition) is 2. The van der Waals surface area contributed by atoms with E-state index in [0.29, 0.717) is 12.3 Å². The van der Waals surface area contributed by atoms with E-state index in [-0.39, 0.29) is 34.9 Å². The summed E-state index contributed by atoms with van der Waals surface area (Å²) in [4.78, 5) is 0.0990. The Hall–Kier alpha value is -0.330. The van der Waals surface area contributed by atoms with E-state index >= 15 is 0 Å². The molecule has 0 bridgehead atoms. The molecule has 1 aromatic rings. The van der Waals surface area contributed by atoms with Crippen molar-refractivity contribution in [3.8, 4) is 0 Å². The van der Waals surface area contributed by atoms with Gasteiger partial charge in [-0.15, -0.1) is 12.4 Å². The van der Waals surface area contributed by atoms with Gasteiger partial charge in [0.05, 0.1) is 5.02 Å². The fourth-order valence-corrected chi connectivity index (χ4v) is 3.73. The molecule has 7 heteroatoms. The van der Waals surface area contributed by atoms with Gasteiger partial charge >= 0.3 is 0 Å². The molecule has 1 atom stereocenters. The van der Waals surface area contributed by atoms with Gasteiger partial charge in [0.25, 0.3) is 0 Å². The normalized spacial score (nSPS) is 13.1. The average molecular weight is 341 g/mol. The monoisotopic (exact) mass is 340 g/mol. The molecule has 20 heavy (non-hydrogen) atoms. The smallest absolute Gasteiger partial charge is 0.242 e. The van der Waals surface area contributed by atoms with Gasteiger partial charge in [-0.2, -0.15) is 0 Å². The number of hydrogen-bond acceptors (Lipinski definition) is 3. The molecular weight excluding hydrogens is 319 g/mol. The second-order valence-corrected chi connectivity index (χ2v) is 7.21. The van der Waals surface area contributed by atoms with Crippen LogP contribution >= 0.6 is 24.0 Å². The zero-order valence-electron chi connectivity index (χ0n) is 11.9. The summed E-state index contributed by atoms with van der Waals surface area (Å²) in [6.07, 6.45) is 0.694. The van der Waals surface area contributed by atoms with E-state index in [2.05, 4.69) is 4.72 Å². The van der Waals surface area contributed by atoms with E-state index in [4.69, 9.17) is 17.3 Å². The first-order chi connectivity index (χ1) is 8.76. The van der Waals surface area contributed by atoms with E-state index < -0.39 is 10.0 Å². The molecule has 0 aliphatic carbocycles. The maximum Gasteiger partial charge on any atom is 0.242 e. The molecule has 0 saturated heterocycles. The van der Waals surface area contributed by atoms with E-state index in [1.54, 1.807) is 12.1 Å². The summed E-state index contributed by atoms with van der Waals surface area (Å²) in [6.45, 7) is 6.17. The Labute approximate surface area is 132 Å². The zero-order valence-corrected chi connectivity index (χ0v) is 14.3. The lowest BCUT2D eigenvalue weighted by Crippen LogP contribution is -2.41. The van der Waals surface area contributed by atoms with Gasteiger partial charge in [-0.1, -0.05) is 31.5 Å². The predicted octanol–water partition coefficient (Wildman–Crippen LogP) is 2.72. The second kappa shape index (κ2) is 8.20. The molecule has 0 aliphatic heterocycles. The second-order valence-electron chi connectivity index (χ2n) is 5.12. The van der Waals surface area contributed by atoms with Crippen LogP contribution in [0.4, 0.5) is 0 Å². The van der Waals surface area contributed by atoms with Gasteiger partial charge in [0.1, 0.15) is 4.90 Å². The highest BCUT2D eigenvalue weighted by molar-refractivity contribution is 7.89. The molecule has 0 aliphatic rings. The minimum Gasteiger partial charge on any atom is -0.329 e.